The maximum absolute atomic E-state index is 6.38. The summed E-state index contributed by atoms with van der Waals surface area (Å²) in [5.74, 6) is 1.12. The molecule has 0 atom stereocenters. The largest absolute Gasteiger partial charge is 0.287 e. The highest BCUT2D eigenvalue weighted by Gasteiger charge is 2.21. The molecule has 1 heterocycles. The first kappa shape index (κ1) is 16.6. The molecule has 21 heavy (non-hydrogen) atoms. The van der Waals surface area contributed by atoms with Gasteiger partial charge in [0.25, 0.3) is 5.82 Å². The summed E-state index contributed by atoms with van der Waals surface area (Å²) in [5, 5.41) is 0.795. The number of rotatable bonds is 3. The van der Waals surface area contributed by atoms with E-state index in [0.29, 0.717) is 0 Å². The molecular weight excluding hydrogens is 418 g/mol. The fourth-order valence-electron chi connectivity index (χ4n) is 2.48. The van der Waals surface area contributed by atoms with Crippen LogP contribution >= 0.6 is 46.6 Å². The molecule has 0 radical (unpaired) electrons. The molecule has 0 bridgehead atoms. The Hall–Kier alpha value is -0.780. The summed E-state index contributed by atoms with van der Waals surface area (Å²) in [4.78, 5) is 3.50. The van der Waals surface area contributed by atoms with Crippen molar-refractivity contribution in [2.24, 2.45) is 0 Å². The summed E-state index contributed by atoms with van der Waals surface area (Å²) in [5.41, 5.74) is 3.36. The summed E-state index contributed by atoms with van der Waals surface area (Å²) in [7, 11) is 0. The fraction of sp³-hybridized carbons (Fsp3) is 0.188. The van der Waals surface area contributed by atoms with Crippen LogP contribution in [0.2, 0.25) is 5.02 Å². The minimum atomic E-state index is 0. The molecule has 0 saturated heterocycles. The highest BCUT2D eigenvalue weighted by molar-refractivity contribution is 14.1. The van der Waals surface area contributed by atoms with Crippen LogP contribution in [0, 0.1) is 3.57 Å². The van der Waals surface area contributed by atoms with Gasteiger partial charge in [-0.3, -0.25) is 0 Å². The van der Waals surface area contributed by atoms with E-state index in [1.807, 2.05) is 12.1 Å². The Balaban J connectivity index is 0.00000161. The molecule has 2 nitrogen and oxygen atoms in total. The second kappa shape index (κ2) is 6.99. The van der Waals surface area contributed by atoms with Gasteiger partial charge in [-0.2, -0.15) is 0 Å². The average Bonchev–Trinajstić information content (AvgIpc) is 2.80. The number of para-hydroxylation sites is 1. The van der Waals surface area contributed by atoms with Gasteiger partial charge in [0.1, 0.15) is 0 Å². The SMILES string of the molecule is CCC[n+]1c(-c2ccc(I)cc2)[nH]c2cccc(Cl)c21.Cl. The van der Waals surface area contributed by atoms with Gasteiger partial charge >= 0.3 is 0 Å². The number of H-pyrrole nitrogens is 1. The maximum atomic E-state index is 6.38. The Kier molecular flexibility index (Phi) is 5.52. The van der Waals surface area contributed by atoms with Crippen molar-refractivity contribution in [1.82, 2.24) is 4.98 Å². The number of aromatic nitrogens is 2. The van der Waals surface area contributed by atoms with E-state index >= 15 is 0 Å². The van der Waals surface area contributed by atoms with Crippen LogP contribution in [0.15, 0.2) is 42.5 Å². The standard InChI is InChI=1S/C16H14ClIN2.ClH/c1-2-10-20-15-13(17)4-3-5-14(15)19-16(20)11-6-8-12(18)9-7-11;/h3-9H,2,10H2,1H3;1H/p+1. The lowest BCUT2D eigenvalue weighted by atomic mass is 10.2. The summed E-state index contributed by atoms with van der Waals surface area (Å²) < 4.78 is 3.52. The molecule has 0 saturated carbocycles. The molecule has 1 N–H and O–H groups in total. The van der Waals surface area contributed by atoms with E-state index in [1.54, 1.807) is 0 Å². The van der Waals surface area contributed by atoms with Gasteiger partial charge in [0.2, 0.25) is 0 Å². The summed E-state index contributed by atoms with van der Waals surface area (Å²) >= 11 is 8.70. The van der Waals surface area contributed by atoms with Crippen molar-refractivity contribution >= 4 is 57.6 Å². The first-order valence-electron chi connectivity index (χ1n) is 6.66. The lowest BCUT2D eigenvalue weighted by molar-refractivity contribution is -0.660. The van der Waals surface area contributed by atoms with Crippen molar-refractivity contribution in [1.29, 1.82) is 0 Å². The summed E-state index contributed by atoms with van der Waals surface area (Å²) in [6.45, 7) is 3.13. The number of fused-ring (bicyclic) bond motifs is 1. The third-order valence-corrected chi connectivity index (χ3v) is 4.37. The Morgan fingerprint density at radius 1 is 1.14 bits per heavy atom. The van der Waals surface area contributed by atoms with E-state index in [4.69, 9.17) is 11.6 Å². The predicted octanol–water partition coefficient (Wildman–Crippen LogP) is 5.21. The average molecular weight is 434 g/mol. The van der Waals surface area contributed by atoms with Gasteiger partial charge in [-0.25, -0.2) is 9.55 Å². The van der Waals surface area contributed by atoms with Gasteiger partial charge in [-0.15, -0.1) is 12.4 Å². The van der Waals surface area contributed by atoms with E-state index in [1.165, 1.54) is 9.13 Å². The van der Waals surface area contributed by atoms with E-state index in [0.717, 1.165) is 34.8 Å². The number of aryl methyl sites for hydroxylation is 1. The molecule has 5 heteroatoms. The number of nitrogens with one attached hydrogen (secondary N) is 1. The van der Waals surface area contributed by atoms with E-state index in [9.17, 15) is 0 Å². The quantitative estimate of drug-likeness (QED) is 0.432. The Bertz CT molecular complexity index is 751. The third-order valence-electron chi connectivity index (χ3n) is 3.34. The lowest BCUT2D eigenvalue weighted by Gasteiger charge is -2.01. The van der Waals surface area contributed by atoms with Crippen molar-refractivity contribution in [3.05, 3.63) is 51.1 Å². The first-order valence-corrected chi connectivity index (χ1v) is 8.12. The third kappa shape index (κ3) is 3.20. The van der Waals surface area contributed by atoms with Crippen LogP contribution in [-0.2, 0) is 6.54 Å². The van der Waals surface area contributed by atoms with Crippen molar-refractivity contribution in [3.63, 3.8) is 0 Å². The molecule has 0 spiro atoms. The Labute approximate surface area is 149 Å². The number of hydrogen-bond donors (Lipinski definition) is 1. The van der Waals surface area contributed by atoms with E-state index in [-0.39, 0.29) is 12.4 Å². The van der Waals surface area contributed by atoms with Crippen LogP contribution in [0.1, 0.15) is 13.3 Å². The minimum absolute atomic E-state index is 0. The summed E-state index contributed by atoms with van der Waals surface area (Å²) in [6, 6.07) is 14.5. The lowest BCUT2D eigenvalue weighted by Crippen LogP contribution is -2.34. The van der Waals surface area contributed by atoms with Crippen LogP contribution < -0.4 is 4.57 Å². The number of aromatic amines is 1. The van der Waals surface area contributed by atoms with Gasteiger partial charge in [-0.05, 0) is 65.4 Å². The van der Waals surface area contributed by atoms with Crippen LogP contribution in [0.3, 0.4) is 0 Å². The molecule has 3 aromatic rings. The number of hydrogen-bond acceptors (Lipinski definition) is 0. The number of halogens is 3. The molecule has 0 aliphatic heterocycles. The molecule has 3 rings (SSSR count). The van der Waals surface area contributed by atoms with Crippen molar-refractivity contribution in [2.45, 2.75) is 19.9 Å². The van der Waals surface area contributed by atoms with Gasteiger partial charge in [-0.1, -0.05) is 24.6 Å². The zero-order chi connectivity index (χ0) is 14.1. The van der Waals surface area contributed by atoms with E-state index < -0.39 is 0 Å². The second-order valence-corrected chi connectivity index (χ2v) is 6.42. The highest BCUT2D eigenvalue weighted by atomic mass is 127. The molecular formula is C16H16Cl2IN2+. The summed E-state index contributed by atoms with van der Waals surface area (Å²) in [6.07, 6.45) is 1.07. The zero-order valence-corrected chi connectivity index (χ0v) is 15.3. The smallest absolute Gasteiger partial charge is 0.236 e. The molecule has 0 fully saturated rings. The Morgan fingerprint density at radius 2 is 1.86 bits per heavy atom. The first-order chi connectivity index (χ1) is 9.70. The van der Waals surface area contributed by atoms with E-state index in [2.05, 4.69) is 69.4 Å². The van der Waals surface area contributed by atoms with Gasteiger partial charge < -0.3 is 0 Å². The monoisotopic (exact) mass is 433 g/mol. The predicted molar refractivity (Wildman–Crippen MR) is 99.2 cm³/mol. The molecule has 0 unspecified atom stereocenters. The van der Waals surface area contributed by atoms with Gasteiger partial charge in [0, 0.05) is 3.57 Å². The molecule has 2 aromatic carbocycles. The molecule has 0 aliphatic rings. The van der Waals surface area contributed by atoms with Gasteiger partial charge in [0.15, 0.2) is 11.0 Å². The zero-order valence-electron chi connectivity index (χ0n) is 11.6. The number of benzene rings is 2. The van der Waals surface area contributed by atoms with Crippen LogP contribution in [-0.4, -0.2) is 4.98 Å². The van der Waals surface area contributed by atoms with Crippen molar-refractivity contribution in [3.8, 4) is 11.4 Å². The normalized spacial score (nSPS) is 10.6. The van der Waals surface area contributed by atoms with Crippen LogP contribution in [0.4, 0.5) is 0 Å². The van der Waals surface area contributed by atoms with Crippen molar-refractivity contribution < 1.29 is 4.57 Å². The van der Waals surface area contributed by atoms with Gasteiger partial charge in [0.05, 0.1) is 17.1 Å². The van der Waals surface area contributed by atoms with Crippen LogP contribution in [0.25, 0.3) is 22.4 Å². The minimum Gasteiger partial charge on any atom is -0.236 e. The Morgan fingerprint density at radius 3 is 2.52 bits per heavy atom. The molecule has 110 valence electrons. The van der Waals surface area contributed by atoms with Crippen LogP contribution in [0.5, 0.6) is 0 Å². The topological polar surface area (TPSA) is 19.7 Å². The van der Waals surface area contributed by atoms with Crippen molar-refractivity contribution in [2.75, 3.05) is 0 Å². The highest BCUT2D eigenvalue weighted by Crippen LogP contribution is 2.24. The molecule has 0 aliphatic carbocycles. The number of imidazole rings is 1. The second-order valence-electron chi connectivity index (χ2n) is 4.77. The molecule has 1 aromatic heterocycles. The molecule has 0 amide bonds. The number of nitrogens with zero attached hydrogens (tertiary/aromatic N) is 1. The maximum Gasteiger partial charge on any atom is 0.287 e. The fourth-order valence-corrected chi connectivity index (χ4v) is 3.12.